The van der Waals surface area contributed by atoms with E-state index in [-0.39, 0.29) is 0 Å². The molecule has 2 rings (SSSR count). The highest BCUT2D eigenvalue weighted by Crippen LogP contribution is 2.30. The van der Waals surface area contributed by atoms with Crippen LogP contribution < -0.4 is 0 Å². The Bertz CT molecular complexity index is 503. The van der Waals surface area contributed by atoms with Gasteiger partial charge in [-0.2, -0.15) is 0 Å². The molecule has 2 nitrogen and oxygen atoms in total. The predicted molar refractivity (Wildman–Crippen MR) is 62.9 cm³/mol. The normalized spacial score (nSPS) is 12.3. The molecule has 2 heteroatoms. The second-order valence-corrected chi connectivity index (χ2v) is 4.73. The first-order valence-corrected chi connectivity index (χ1v) is 5.18. The highest BCUT2D eigenvalue weighted by Gasteiger charge is 2.21. The molecular weight excluding hydrogens is 186 g/mol. The van der Waals surface area contributed by atoms with E-state index < -0.39 is 5.60 Å². The Labute approximate surface area is 90.2 Å². The molecule has 1 N–H and O–H groups in total. The smallest absolute Gasteiger partial charge is 0.0861 e. The van der Waals surface area contributed by atoms with Gasteiger partial charge in [-0.3, -0.25) is 0 Å². The Kier molecular flexibility index (Phi) is 2.12. The van der Waals surface area contributed by atoms with Crippen LogP contribution in [0, 0.1) is 6.92 Å². The quantitative estimate of drug-likeness (QED) is 0.757. The average Bonchev–Trinajstić information content (AvgIpc) is 2.43. The van der Waals surface area contributed by atoms with Crippen LogP contribution in [-0.2, 0) is 12.6 Å². The van der Waals surface area contributed by atoms with E-state index in [2.05, 4.69) is 29.7 Å². The van der Waals surface area contributed by atoms with E-state index in [1.54, 1.807) is 0 Å². The Morgan fingerprint density at radius 2 is 1.93 bits per heavy atom. The maximum Gasteiger partial charge on any atom is 0.0861 e. The third-order valence-electron chi connectivity index (χ3n) is 2.81. The van der Waals surface area contributed by atoms with Crippen molar-refractivity contribution in [1.29, 1.82) is 0 Å². The molecule has 0 saturated heterocycles. The zero-order valence-electron chi connectivity index (χ0n) is 9.70. The number of hydrogen-bond acceptors (Lipinski definition) is 1. The Morgan fingerprint density at radius 1 is 1.27 bits per heavy atom. The highest BCUT2D eigenvalue weighted by atomic mass is 16.3. The lowest BCUT2D eigenvalue weighted by Crippen LogP contribution is -2.14. The van der Waals surface area contributed by atoms with E-state index in [1.807, 2.05) is 27.1 Å². The van der Waals surface area contributed by atoms with Crippen LogP contribution in [0.3, 0.4) is 0 Å². The average molecular weight is 203 g/mol. The van der Waals surface area contributed by atoms with Gasteiger partial charge < -0.3 is 9.67 Å². The summed E-state index contributed by atoms with van der Waals surface area (Å²) < 4.78 is 2.07. The summed E-state index contributed by atoms with van der Waals surface area (Å²) in [7, 11) is 2.01. The molecule has 0 amide bonds. The summed E-state index contributed by atoms with van der Waals surface area (Å²) in [5, 5.41) is 11.2. The minimum atomic E-state index is -0.783. The maximum atomic E-state index is 10.1. The molecular formula is C13H17NO. The second-order valence-electron chi connectivity index (χ2n) is 4.73. The summed E-state index contributed by atoms with van der Waals surface area (Å²) >= 11 is 0. The summed E-state index contributed by atoms with van der Waals surface area (Å²) in [5.74, 6) is 0. The molecule has 0 spiro atoms. The minimum absolute atomic E-state index is 0.783. The largest absolute Gasteiger partial charge is 0.386 e. The minimum Gasteiger partial charge on any atom is -0.386 e. The molecule has 0 unspecified atom stereocenters. The fourth-order valence-corrected chi connectivity index (χ4v) is 1.98. The van der Waals surface area contributed by atoms with E-state index in [0.29, 0.717) is 0 Å². The van der Waals surface area contributed by atoms with Gasteiger partial charge in [0.25, 0.3) is 0 Å². The van der Waals surface area contributed by atoms with Crippen LogP contribution >= 0.6 is 0 Å². The summed E-state index contributed by atoms with van der Waals surface area (Å²) in [6.45, 7) is 5.72. The SMILES string of the molecule is Cc1ccc2c(C(C)(C)O)cn(C)c2c1. The fourth-order valence-electron chi connectivity index (χ4n) is 1.98. The Morgan fingerprint density at radius 3 is 2.53 bits per heavy atom. The molecule has 1 heterocycles. The monoisotopic (exact) mass is 203 g/mol. The van der Waals surface area contributed by atoms with Gasteiger partial charge in [0.05, 0.1) is 5.60 Å². The Hall–Kier alpha value is -1.28. The van der Waals surface area contributed by atoms with Crippen LogP contribution in [0.15, 0.2) is 24.4 Å². The van der Waals surface area contributed by atoms with Gasteiger partial charge in [-0.15, -0.1) is 0 Å². The number of nitrogens with zero attached hydrogens (tertiary/aromatic N) is 1. The molecule has 0 saturated carbocycles. The molecule has 0 fully saturated rings. The van der Waals surface area contributed by atoms with E-state index >= 15 is 0 Å². The number of aromatic nitrogens is 1. The maximum absolute atomic E-state index is 10.1. The summed E-state index contributed by atoms with van der Waals surface area (Å²) in [4.78, 5) is 0. The summed E-state index contributed by atoms with van der Waals surface area (Å²) in [5.41, 5.74) is 2.62. The molecule has 2 aromatic rings. The van der Waals surface area contributed by atoms with Gasteiger partial charge in [-0.05, 0) is 32.4 Å². The number of aliphatic hydroxyl groups is 1. The number of benzene rings is 1. The number of aryl methyl sites for hydroxylation is 2. The van der Waals surface area contributed by atoms with Crippen molar-refractivity contribution in [3.8, 4) is 0 Å². The van der Waals surface area contributed by atoms with Gasteiger partial charge in [0.15, 0.2) is 0 Å². The van der Waals surface area contributed by atoms with Crippen LogP contribution in [-0.4, -0.2) is 9.67 Å². The van der Waals surface area contributed by atoms with Crippen molar-refractivity contribution in [3.63, 3.8) is 0 Å². The van der Waals surface area contributed by atoms with Crippen molar-refractivity contribution in [2.75, 3.05) is 0 Å². The fraction of sp³-hybridized carbons (Fsp3) is 0.385. The predicted octanol–water partition coefficient (Wildman–Crippen LogP) is 2.71. The van der Waals surface area contributed by atoms with E-state index in [0.717, 1.165) is 10.9 Å². The zero-order chi connectivity index (χ0) is 11.2. The lowest BCUT2D eigenvalue weighted by atomic mass is 9.97. The van der Waals surface area contributed by atoms with Crippen LogP contribution in [0.2, 0.25) is 0 Å². The van der Waals surface area contributed by atoms with Crippen LogP contribution in [0.4, 0.5) is 0 Å². The van der Waals surface area contributed by atoms with Crippen molar-refractivity contribution in [3.05, 3.63) is 35.5 Å². The molecule has 80 valence electrons. The molecule has 0 atom stereocenters. The standard InChI is InChI=1S/C13H17NO/c1-9-5-6-10-11(13(2,3)15)8-14(4)12(10)7-9/h5-8,15H,1-4H3. The van der Waals surface area contributed by atoms with Gasteiger partial charge in [-0.25, -0.2) is 0 Å². The van der Waals surface area contributed by atoms with E-state index in [9.17, 15) is 5.11 Å². The molecule has 1 aromatic carbocycles. The number of fused-ring (bicyclic) bond motifs is 1. The third kappa shape index (κ3) is 1.65. The first kappa shape index (κ1) is 10.2. The van der Waals surface area contributed by atoms with Crippen molar-refractivity contribution >= 4 is 10.9 Å². The van der Waals surface area contributed by atoms with Gasteiger partial charge >= 0.3 is 0 Å². The molecule has 0 radical (unpaired) electrons. The molecule has 0 bridgehead atoms. The first-order valence-electron chi connectivity index (χ1n) is 5.18. The number of rotatable bonds is 1. The van der Waals surface area contributed by atoms with Gasteiger partial charge in [0, 0.05) is 29.7 Å². The van der Waals surface area contributed by atoms with Crippen LogP contribution in [0.5, 0.6) is 0 Å². The molecule has 0 aliphatic heterocycles. The van der Waals surface area contributed by atoms with E-state index in [1.165, 1.54) is 11.1 Å². The Balaban J connectivity index is 2.79. The lowest BCUT2D eigenvalue weighted by Gasteiger charge is -2.16. The van der Waals surface area contributed by atoms with E-state index in [4.69, 9.17) is 0 Å². The second kappa shape index (κ2) is 3.11. The topological polar surface area (TPSA) is 25.2 Å². The molecule has 1 aromatic heterocycles. The molecule has 0 aliphatic carbocycles. The van der Waals surface area contributed by atoms with Crippen molar-refractivity contribution in [1.82, 2.24) is 4.57 Å². The highest BCUT2D eigenvalue weighted by molar-refractivity contribution is 5.85. The van der Waals surface area contributed by atoms with Gasteiger partial charge in [0.1, 0.15) is 0 Å². The first-order chi connectivity index (χ1) is 6.89. The van der Waals surface area contributed by atoms with Crippen molar-refractivity contribution < 1.29 is 5.11 Å². The third-order valence-corrected chi connectivity index (χ3v) is 2.81. The lowest BCUT2D eigenvalue weighted by molar-refractivity contribution is 0.0800. The zero-order valence-corrected chi connectivity index (χ0v) is 9.70. The van der Waals surface area contributed by atoms with Crippen molar-refractivity contribution in [2.24, 2.45) is 7.05 Å². The van der Waals surface area contributed by atoms with Crippen LogP contribution in [0.25, 0.3) is 10.9 Å². The van der Waals surface area contributed by atoms with Crippen molar-refractivity contribution in [2.45, 2.75) is 26.4 Å². The number of hydrogen-bond donors (Lipinski definition) is 1. The van der Waals surface area contributed by atoms with Gasteiger partial charge in [0.2, 0.25) is 0 Å². The summed E-state index contributed by atoms with van der Waals surface area (Å²) in [6.07, 6.45) is 2.00. The van der Waals surface area contributed by atoms with Gasteiger partial charge in [-0.1, -0.05) is 12.1 Å². The summed E-state index contributed by atoms with van der Waals surface area (Å²) in [6, 6.07) is 6.31. The molecule has 0 aliphatic rings. The molecule has 15 heavy (non-hydrogen) atoms. The van der Waals surface area contributed by atoms with Crippen LogP contribution in [0.1, 0.15) is 25.0 Å².